The minimum Gasteiger partial charge on any atom is -0.480 e. The van der Waals surface area contributed by atoms with Crippen molar-refractivity contribution >= 4 is 27.8 Å². The lowest BCUT2D eigenvalue weighted by atomic mass is 9.76. The third-order valence-corrected chi connectivity index (χ3v) is 8.88. The van der Waals surface area contributed by atoms with Gasteiger partial charge in [-0.1, -0.05) is 103 Å². The smallest absolute Gasteiger partial charge is 0.335 e. The molecular formula is C39H31N5O4. The molecule has 3 aromatic heterocycles. The van der Waals surface area contributed by atoms with E-state index in [1.807, 2.05) is 97.1 Å². The number of carboxylic acid groups (broad SMARTS) is 1. The zero-order valence-corrected chi connectivity index (χ0v) is 26.0. The van der Waals surface area contributed by atoms with Crippen LogP contribution in [0.15, 0.2) is 150 Å². The second-order valence-electron chi connectivity index (χ2n) is 11.6. The second-order valence-corrected chi connectivity index (χ2v) is 11.6. The Morgan fingerprint density at radius 1 is 0.771 bits per heavy atom. The van der Waals surface area contributed by atoms with Crippen molar-refractivity contribution in [2.75, 3.05) is 0 Å². The summed E-state index contributed by atoms with van der Waals surface area (Å²) in [5.74, 6) is -1.03. The second kappa shape index (κ2) is 12.5. The van der Waals surface area contributed by atoms with E-state index in [2.05, 4.69) is 15.3 Å². The van der Waals surface area contributed by atoms with Crippen LogP contribution in [0, 0.1) is 0 Å². The van der Waals surface area contributed by atoms with Gasteiger partial charge in [-0.05, 0) is 46.9 Å². The molecule has 4 aromatic carbocycles. The highest BCUT2D eigenvalue weighted by atomic mass is 16.4. The Morgan fingerprint density at radius 2 is 1.38 bits per heavy atom. The number of aliphatic carboxylic acids is 1. The molecule has 0 fully saturated rings. The van der Waals surface area contributed by atoms with E-state index in [0.29, 0.717) is 33.1 Å². The fourth-order valence-corrected chi connectivity index (χ4v) is 6.59. The van der Waals surface area contributed by atoms with Gasteiger partial charge in [0.05, 0.1) is 27.6 Å². The molecule has 2 N–H and O–H groups in total. The Morgan fingerprint density at radius 3 is 1.96 bits per heavy atom. The molecule has 0 saturated heterocycles. The van der Waals surface area contributed by atoms with Crippen LogP contribution in [0.25, 0.3) is 27.5 Å². The average molecular weight is 634 g/mol. The Bertz CT molecular complexity index is 2290. The molecule has 0 radical (unpaired) electrons. The largest absolute Gasteiger partial charge is 0.480 e. The van der Waals surface area contributed by atoms with Gasteiger partial charge >= 0.3 is 11.7 Å². The first-order chi connectivity index (χ1) is 23.4. The molecule has 3 heterocycles. The van der Waals surface area contributed by atoms with Gasteiger partial charge in [0, 0.05) is 31.0 Å². The first-order valence-corrected chi connectivity index (χ1v) is 15.5. The van der Waals surface area contributed by atoms with E-state index in [9.17, 15) is 19.5 Å². The highest BCUT2D eigenvalue weighted by Crippen LogP contribution is 2.38. The summed E-state index contributed by atoms with van der Waals surface area (Å²) in [6.07, 6.45) is 4.65. The van der Waals surface area contributed by atoms with Crippen molar-refractivity contribution in [3.63, 3.8) is 0 Å². The van der Waals surface area contributed by atoms with Crippen LogP contribution in [0.3, 0.4) is 0 Å². The van der Waals surface area contributed by atoms with E-state index >= 15 is 0 Å². The summed E-state index contributed by atoms with van der Waals surface area (Å²) in [6, 6.07) is 37.0. The summed E-state index contributed by atoms with van der Waals surface area (Å²) >= 11 is 0. The summed E-state index contributed by atoms with van der Waals surface area (Å²) in [4.78, 5) is 49.1. The molecule has 0 unspecified atom stereocenters. The van der Waals surface area contributed by atoms with Crippen molar-refractivity contribution < 1.29 is 9.90 Å². The lowest BCUT2D eigenvalue weighted by Crippen LogP contribution is -2.53. The van der Waals surface area contributed by atoms with Crippen molar-refractivity contribution in [2.45, 2.75) is 18.0 Å². The summed E-state index contributed by atoms with van der Waals surface area (Å²) in [5, 5.41) is 15.3. The zero-order valence-electron chi connectivity index (χ0n) is 26.0. The minimum atomic E-state index is -1.07. The predicted octanol–water partition coefficient (Wildman–Crippen LogP) is 5.21. The number of fused-ring (bicyclic) bond motifs is 2. The van der Waals surface area contributed by atoms with E-state index in [1.54, 1.807) is 37.5 Å². The van der Waals surface area contributed by atoms with Crippen LogP contribution in [0.4, 0.5) is 0 Å². The number of hydrogen-bond acceptors (Lipinski definition) is 6. The predicted molar refractivity (Wildman–Crippen MR) is 185 cm³/mol. The van der Waals surface area contributed by atoms with E-state index < -0.39 is 28.8 Å². The standard InChI is InChI=1S/C39H31N5O4/c1-43-33-21-23-40-25-31(33)36(45)44(38(43)48)34-20-19-26(30-18-11-22-41-35(30)34)24-32(37(46)47)42-39(27-12-5-2-6-13-27,28-14-7-3-8-15-28)29-16-9-4-10-17-29/h2-23,25,32,42H,24H2,1H3,(H,46,47)/t32-/m0/s1. The van der Waals surface area contributed by atoms with Crippen LogP contribution in [0.5, 0.6) is 0 Å². The molecule has 7 aromatic rings. The van der Waals surface area contributed by atoms with Crippen LogP contribution < -0.4 is 16.6 Å². The van der Waals surface area contributed by atoms with Crippen LogP contribution in [0.2, 0.25) is 0 Å². The normalized spacial score (nSPS) is 12.3. The first-order valence-electron chi connectivity index (χ1n) is 15.5. The number of hydrogen-bond donors (Lipinski definition) is 2. The van der Waals surface area contributed by atoms with Crippen molar-refractivity contribution in [3.05, 3.63) is 183 Å². The molecule has 0 bridgehead atoms. The molecule has 0 amide bonds. The molecule has 0 aliphatic heterocycles. The van der Waals surface area contributed by atoms with Gasteiger partial charge in [0.2, 0.25) is 0 Å². The maximum atomic E-state index is 13.7. The Balaban J connectivity index is 1.38. The number of aromatic nitrogens is 4. The summed E-state index contributed by atoms with van der Waals surface area (Å²) in [5.41, 5.74) is 2.48. The Kier molecular flexibility index (Phi) is 7.96. The fourth-order valence-electron chi connectivity index (χ4n) is 6.59. The van der Waals surface area contributed by atoms with Gasteiger partial charge in [0.25, 0.3) is 5.56 Å². The molecular weight excluding hydrogens is 602 g/mol. The molecule has 9 nitrogen and oxygen atoms in total. The number of nitrogens with zero attached hydrogens (tertiary/aromatic N) is 4. The molecule has 0 aliphatic rings. The molecule has 9 heteroatoms. The van der Waals surface area contributed by atoms with Gasteiger partial charge < -0.3 is 5.11 Å². The third kappa shape index (κ3) is 5.16. The maximum absolute atomic E-state index is 13.7. The van der Waals surface area contributed by atoms with Crippen LogP contribution in [0.1, 0.15) is 22.3 Å². The quantitative estimate of drug-likeness (QED) is 0.210. The number of nitrogens with one attached hydrogen (secondary N) is 1. The molecule has 236 valence electrons. The van der Waals surface area contributed by atoms with E-state index in [-0.39, 0.29) is 6.42 Å². The van der Waals surface area contributed by atoms with Crippen molar-refractivity contribution in [3.8, 4) is 5.69 Å². The molecule has 0 aliphatic carbocycles. The number of benzene rings is 4. The van der Waals surface area contributed by atoms with Crippen LogP contribution in [-0.4, -0.2) is 36.2 Å². The van der Waals surface area contributed by atoms with Crippen molar-refractivity contribution in [1.82, 2.24) is 24.4 Å². The molecule has 7 rings (SSSR count). The number of carbonyl (C=O) groups is 1. The fraction of sp³-hybridized carbons (Fsp3) is 0.103. The average Bonchev–Trinajstić information content (AvgIpc) is 3.14. The van der Waals surface area contributed by atoms with E-state index in [4.69, 9.17) is 0 Å². The first kappa shape index (κ1) is 30.5. The Hall–Kier alpha value is -6.19. The minimum absolute atomic E-state index is 0.0839. The highest BCUT2D eigenvalue weighted by molar-refractivity contribution is 5.90. The number of rotatable bonds is 9. The summed E-state index contributed by atoms with van der Waals surface area (Å²) in [6.45, 7) is 0. The van der Waals surface area contributed by atoms with Gasteiger partial charge in [-0.25, -0.2) is 9.36 Å². The lowest BCUT2D eigenvalue weighted by Gasteiger charge is -2.39. The number of aryl methyl sites for hydroxylation is 1. The van der Waals surface area contributed by atoms with Crippen molar-refractivity contribution in [1.29, 1.82) is 0 Å². The highest BCUT2D eigenvalue weighted by Gasteiger charge is 2.40. The summed E-state index contributed by atoms with van der Waals surface area (Å²) < 4.78 is 2.50. The van der Waals surface area contributed by atoms with Crippen LogP contribution >= 0.6 is 0 Å². The molecule has 0 spiro atoms. The third-order valence-electron chi connectivity index (χ3n) is 8.88. The topological polar surface area (TPSA) is 119 Å². The SMILES string of the molecule is Cn1c(=O)n(-c2ccc(C[C@H](NC(c3ccccc3)(c3ccccc3)c3ccccc3)C(=O)O)c3cccnc23)c(=O)c2cnccc21. The lowest BCUT2D eigenvalue weighted by molar-refractivity contribution is -0.139. The number of pyridine rings is 2. The van der Waals surface area contributed by atoms with Gasteiger partial charge in [0.15, 0.2) is 0 Å². The van der Waals surface area contributed by atoms with E-state index in [1.165, 1.54) is 17.0 Å². The molecule has 1 atom stereocenters. The van der Waals surface area contributed by atoms with Gasteiger partial charge in [-0.15, -0.1) is 0 Å². The Labute approximate surface area is 275 Å². The maximum Gasteiger partial charge on any atom is 0.335 e. The van der Waals surface area contributed by atoms with Gasteiger partial charge in [-0.3, -0.25) is 29.4 Å². The summed E-state index contributed by atoms with van der Waals surface area (Å²) in [7, 11) is 1.60. The van der Waals surface area contributed by atoms with Gasteiger partial charge in [-0.2, -0.15) is 0 Å². The zero-order chi connectivity index (χ0) is 33.3. The van der Waals surface area contributed by atoms with Crippen LogP contribution in [-0.2, 0) is 23.8 Å². The van der Waals surface area contributed by atoms with Crippen molar-refractivity contribution in [2.24, 2.45) is 7.05 Å². The molecule has 0 saturated carbocycles. The van der Waals surface area contributed by atoms with E-state index in [0.717, 1.165) is 21.3 Å². The monoisotopic (exact) mass is 633 g/mol. The van der Waals surface area contributed by atoms with Gasteiger partial charge in [0.1, 0.15) is 6.04 Å². The molecule has 48 heavy (non-hydrogen) atoms. The number of carboxylic acids is 1.